The standard InChI is InChI=1S/C82H57BN2/c1-82(2,3)56-50-73-77-74(51-56)85-79-60(55-32-14-7-15-33-55)43-25-45-70(79)66-39-19-17-35-62(66)64-37-21-23-41-68(64)76-58(53-28-10-5-11-29-53)47-49-72(81(76)85)83(77)71-48-46-57(52-26-8-4-9-27-52)75-67-40-22-20-36-63(67)61-34-16-18-38-65(61)69-44-24-42-59(54-30-12-6-13-31-54)78(69)84(73)80(71)75/h4-51H,1-3H3/i46D,47D,48D,49D,50D,51D. The lowest BCUT2D eigenvalue weighted by Crippen LogP contribution is -2.60. The lowest BCUT2D eigenvalue weighted by atomic mass is 9.34. The fraction of sp³-hybridized carbons (Fsp3) is 0.0488. The summed E-state index contributed by atoms with van der Waals surface area (Å²) in [5.74, 6) is 0. The third-order valence-corrected chi connectivity index (χ3v) is 17.9. The first-order chi connectivity index (χ1) is 44.4. The number of aromatic nitrogens is 2. The van der Waals surface area contributed by atoms with Gasteiger partial charge in [-0.15, -0.1) is 0 Å². The molecule has 0 unspecified atom stereocenters. The van der Waals surface area contributed by atoms with Gasteiger partial charge in [0.2, 0.25) is 0 Å². The third kappa shape index (κ3) is 7.40. The maximum Gasteiger partial charge on any atom is 0.252 e. The second-order valence-corrected chi connectivity index (χ2v) is 23.7. The number of hydrogen-bond donors (Lipinski definition) is 0. The second-order valence-electron chi connectivity index (χ2n) is 23.7. The minimum atomic E-state index is -1.10. The van der Waals surface area contributed by atoms with E-state index in [1.807, 2.05) is 72.8 Å². The van der Waals surface area contributed by atoms with E-state index in [9.17, 15) is 8.22 Å². The van der Waals surface area contributed by atoms with Crippen molar-refractivity contribution in [2.75, 3.05) is 0 Å². The fourth-order valence-corrected chi connectivity index (χ4v) is 14.2. The SMILES string of the molecule is [2H]c1c2c3c(c([2H])c1C(C)(C)C)-n1c4c(-c5ccccc5)cccc4c4ccccc4c4ccccc4c4c(-c5ccccc5)c([2H])c([2H])c(c41)B3c1c([2H])c([2H])c(-c3ccccc3)c3c4ccccc4c4ccccc4c4cccc(-c5ccccc5)c4n-2c13. The highest BCUT2D eigenvalue weighted by molar-refractivity contribution is 7.00. The van der Waals surface area contributed by atoms with Gasteiger partial charge < -0.3 is 9.13 Å². The average Bonchev–Trinajstić information content (AvgIpc) is 1.48. The first-order valence-electron chi connectivity index (χ1n) is 32.4. The first-order valence-corrected chi connectivity index (χ1v) is 29.4. The molecule has 0 aliphatic carbocycles. The Labute approximate surface area is 503 Å². The largest absolute Gasteiger partial charge is 0.310 e. The smallest absolute Gasteiger partial charge is 0.252 e. The number of hydrogen-bond acceptors (Lipinski definition) is 0. The van der Waals surface area contributed by atoms with Crippen LogP contribution in [0.3, 0.4) is 0 Å². The van der Waals surface area contributed by atoms with Crippen molar-refractivity contribution in [1.29, 1.82) is 0 Å². The molecule has 0 saturated carbocycles. The van der Waals surface area contributed by atoms with Crippen LogP contribution in [0.25, 0.3) is 143 Å². The van der Waals surface area contributed by atoms with Gasteiger partial charge in [0.05, 0.1) is 19.3 Å². The number of benzene rings is 13. The van der Waals surface area contributed by atoms with Gasteiger partial charge in [0.25, 0.3) is 6.71 Å². The molecule has 0 amide bonds. The van der Waals surface area contributed by atoms with Crippen molar-refractivity contribution >= 4 is 110 Å². The van der Waals surface area contributed by atoms with Crippen LogP contribution in [0.2, 0.25) is 0 Å². The lowest BCUT2D eigenvalue weighted by molar-refractivity contribution is 0.589. The molecule has 13 aromatic carbocycles. The number of nitrogens with zero attached hydrogens (tertiary/aromatic N) is 2. The maximum atomic E-state index is 11.5. The molecule has 17 rings (SSSR count). The van der Waals surface area contributed by atoms with E-state index in [0.29, 0.717) is 66.3 Å². The van der Waals surface area contributed by atoms with Crippen molar-refractivity contribution in [3.63, 3.8) is 0 Å². The Kier molecular flexibility index (Phi) is 9.69. The van der Waals surface area contributed by atoms with Gasteiger partial charge in [0.15, 0.2) is 0 Å². The summed E-state index contributed by atoms with van der Waals surface area (Å²) in [5, 5.41) is 10.6. The summed E-state index contributed by atoms with van der Waals surface area (Å²) in [6, 6.07) is 87.9. The Bertz CT molecular complexity index is 5470. The van der Waals surface area contributed by atoms with Crippen LogP contribution in [0.15, 0.2) is 291 Å². The number of para-hydroxylation sites is 2. The molecule has 4 heterocycles. The van der Waals surface area contributed by atoms with Gasteiger partial charge >= 0.3 is 0 Å². The van der Waals surface area contributed by atoms with Gasteiger partial charge in [-0.1, -0.05) is 300 Å². The monoisotopic (exact) mass is 1090 g/mol. The quantitative estimate of drug-likeness (QED) is 0.155. The Balaban J connectivity index is 1.30. The zero-order valence-electron chi connectivity index (χ0n) is 53.2. The van der Waals surface area contributed by atoms with Crippen LogP contribution >= 0.6 is 0 Å². The zero-order chi connectivity index (χ0) is 61.7. The normalized spacial score (nSPS) is 13.4. The van der Waals surface area contributed by atoms with Gasteiger partial charge in [-0.2, -0.15) is 0 Å². The summed E-state index contributed by atoms with van der Waals surface area (Å²) in [6.07, 6.45) is 0. The Morgan fingerprint density at radius 2 is 0.588 bits per heavy atom. The molecule has 2 nitrogen and oxygen atoms in total. The minimum Gasteiger partial charge on any atom is -0.310 e. The molecule has 0 fully saturated rings. The molecule has 0 radical (unpaired) electrons. The van der Waals surface area contributed by atoms with Gasteiger partial charge in [-0.3, -0.25) is 0 Å². The number of rotatable bonds is 4. The van der Waals surface area contributed by atoms with E-state index in [0.717, 1.165) is 98.3 Å². The molecule has 3 heteroatoms. The first kappa shape index (κ1) is 43.2. The van der Waals surface area contributed by atoms with Crippen LogP contribution in [0, 0.1) is 0 Å². The molecule has 15 aromatic rings. The molecule has 2 aliphatic heterocycles. The van der Waals surface area contributed by atoms with E-state index >= 15 is 0 Å². The second kappa shape index (κ2) is 19.0. The van der Waals surface area contributed by atoms with Crippen molar-refractivity contribution in [3.05, 3.63) is 297 Å². The Morgan fingerprint density at radius 1 is 0.294 bits per heavy atom. The molecule has 2 aromatic heterocycles. The Hall–Kier alpha value is -10.5. The van der Waals surface area contributed by atoms with Crippen molar-refractivity contribution in [2.24, 2.45) is 0 Å². The maximum absolute atomic E-state index is 11.5. The van der Waals surface area contributed by atoms with E-state index < -0.39 is 12.1 Å². The topological polar surface area (TPSA) is 9.86 Å². The van der Waals surface area contributed by atoms with Crippen molar-refractivity contribution in [1.82, 2.24) is 9.13 Å². The van der Waals surface area contributed by atoms with Crippen molar-refractivity contribution in [3.8, 4) is 55.9 Å². The highest BCUT2D eigenvalue weighted by atomic mass is 15.0. The van der Waals surface area contributed by atoms with E-state index in [2.05, 4.69) is 212 Å². The van der Waals surface area contributed by atoms with Crippen molar-refractivity contribution in [2.45, 2.75) is 26.2 Å². The summed E-state index contributed by atoms with van der Waals surface area (Å²) in [5.41, 5.74) is 11.2. The van der Waals surface area contributed by atoms with Gasteiger partial charge in [0.1, 0.15) is 0 Å². The zero-order valence-corrected chi connectivity index (χ0v) is 47.2. The van der Waals surface area contributed by atoms with Crippen molar-refractivity contribution < 1.29 is 8.22 Å². The Morgan fingerprint density at radius 3 is 0.941 bits per heavy atom. The van der Waals surface area contributed by atoms with Gasteiger partial charge in [0, 0.05) is 55.1 Å². The van der Waals surface area contributed by atoms with Crippen LogP contribution in [0.5, 0.6) is 0 Å². The van der Waals surface area contributed by atoms with Crippen LogP contribution in [-0.4, -0.2) is 15.8 Å². The van der Waals surface area contributed by atoms with Crippen LogP contribution in [0.4, 0.5) is 0 Å². The number of fused-ring (bicyclic) bond motifs is 18. The molecule has 0 spiro atoms. The molecular formula is C82H57BN2. The van der Waals surface area contributed by atoms with Crippen LogP contribution in [-0.2, 0) is 5.41 Å². The van der Waals surface area contributed by atoms with Crippen LogP contribution < -0.4 is 16.4 Å². The molecule has 85 heavy (non-hydrogen) atoms. The van der Waals surface area contributed by atoms with E-state index in [4.69, 9.17) is 0 Å². The summed E-state index contributed by atoms with van der Waals surface area (Å²) < 4.78 is 71.7. The third-order valence-electron chi connectivity index (χ3n) is 17.9. The van der Waals surface area contributed by atoms with E-state index in [1.165, 1.54) is 0 Å². The highest BCUT2D eigenvalue weighted by Crippen LogP contribution is 2.47. The summed E-state index contributed by atoms with van der Waals surface area (Å²) in [7, 11) is 0. The molecule has 0 atom stereocenters. The molecule has 0 saturated heterocycles. The molecule has 398 valence electrons. The van der Waals surface area contributed by atoms with E-state index in [1.54, 1.807) is 0 Å². The lowest BCUT2D eigenvalue weighted by Gasteiger charge is -2.38. The van der Waals surface area contributed by atoms with Crippen LogP contribution in [0.1, 0.15) is 34.6 Å². The summed E-state index contributed by atoms with van der Waals surface area (Å²) >= 11 is 0. The highest BCUT2D eigenvalue weighted by Gasteiger charge is 2.42. The molecule has 2 aliphatic rings. The fourth-order valence-electron chi connectivity index (χ4n) is 14.2. The predicted molar refractivity (Wildman–Crippen MR) is 366 cm³/mol. The average molecular weight is 1090 g/mol. The molecule has 0 bridgehead atoms. The predicted octanol–water partition coefficient (Wildman–Crippen LogP) is 19.9. The van der Waals surface area contributed by atoms with Gasteiger partial charge in [-0.25, -0.2) is 0 Å². The molecular weight excluding hydrogens is 1020 g/mol. The minimum absolute atomic E-state index is 0.00506. The summed E-state index contributed by atoms with van der Waals surface area (Å²) in [4.78, 5) is 0. The molecule has 0 N–H and O–H groups in total. The van der Waals surface area contributed by atoms with E-state index in [-0.39, 0.29) is 36.3 Å². The van der Waals surface area contributed by atoms with Gasteiger partial charge in [-0.05, 0) is 116 Å². The summed E-state index contributed by atoms with van der Waals surface area (Å²) in [6.45, 7) is 5.21.